The Labute approximate surface area is 176 Å². The third kappa shape index (κ3) is 3.94. The monoisotopic (exact) mass is 409 g/mol. The number of pyridine rings is 1. The van der Waals surface area contributed by atoms with Crippen molar-refractivity contribution < 1.29 is 9.53 Å². The van der Waals surface area contributed by atoms with E-state index < -0.39 is 0 Å². The summed E-state index contributed by atoms with van der Waals surface area (Å²) in [6, 6.07) is 9.54. The summed E-state index contributed by atoms with van der Waals surface area (Å²) in [6.07, 6.45) is 0.949. The van der Waals surface area contributed by atoms with E-state index in [0.717, 1.165) is 25.1 Å². The fraction of sp³-hybridized carbons (Fsp3) is 0.381. The van der Waals surface area contributed by atoms with Crippen molar-refractivity contribution in [3.05, 3.63) is 52.7 Å². The molecule has 0 fully saturated rings. The van der Waals surface area contributed by atoms with Gasteiger partial charge in [-0.3, -0.25) is 9.80 Å². The lowest BCUT2D eigenvalue weighted by atomic mass is 9.96. The van der Waals surface area contributed by atoms with Crippen molar-refractivity contribution in [2.75, 3.05) is 26.0 Å². The largest absolute Gasteiger partial charge is 0.496 e. The van der Waals surface area contributed by atoms with Crippen molar-refractivity contribution in [3.8, 4) is 5.75 Å². The molecule has 9 nitrogen and oxygen atoms in total. The van der Waals surface area contributed by atoms with Crippen LogP contribution in [-0.4, -0.2) is 53.4 Å². The minimum atomic E-state index is -0.252. The molecule has 0 bridgehead atoms. The highest BCUT2D eigenvalue weighted by atomic mass is 16.5. The van der Waals surface area contributed by atoms with Gasteiger partial charge >= 0.3 is 0 Å². The van der Waals surface area contributed by atoms with Gasteiger partial charge in [-0.05, 0) is 62.7 Å². The zero-order valence-corrected chi connectivity index (χ0v) is 17.7. The molecule has 0 radical (unpaired) electrons. The van der Waals surface area contributed by atoms with E-state index in [1.807, 2.05) is 43.1 Å². The average Bonchev–Trinajstić information content (AvgIpc) is 3.23. The third-order valence-corrected chi connectivity index (χ3v) is 5.27. The molecule has 1 aromatic carbocycles. The van der Waals surface area contributed by atoms with E-state index >= 15 is 0 Å². The number of anilines is 1. The predicted molar refractivity (Wildman–Crippen MR) is 115 cm³/mol. The molecule has 3 heterocycles. The Balaban J connectivity index is 1.58. The third-order valence-electron chi connectivity index (χ3n) is 5.27. The molecule has 0 saturated heterocycles. The summed E-state index contributed by atoms with van der Waals surface area (Å²) >= 11 is 0. The van der Waals surface area contributed by atoms with Gasteiger partial charge in [-0.2, -0.15) is 0 Å². The fourth-order valence-electron chi connectivity index (χ4n) is 3.68. The van der Waals surface area contributed by atoms with E-state index in [-0.39, 0.29) is 11.9 Å². The quantitative estimate of drug-likeness (QED) is 0.692. The summed E-state index contributed by atoms with van der Waals surface area (Å²) in [5.41, 5.74) is 9.26. The molecule has 30 heavy (non-hydrogen) atoms. The number of hydrogen-bond donors (Lipinski definition) is 3. The van der Waals surface area contributed by atoms with Crippen molar-refractivity contribution in [2.24, 2.45) is 5.10 Å². The number of hydrogen-bond acceptors (Lipinski definition) is 8. The Kier molecular flexibility index (Phi) is 5.56. The van der Waals surface area contributed by atoms with Crippen LogP contribution in [0.4, 0.5) is 5.82 Å². The van der Waals surface area contributed by atoms with Gasteiger partial charge in [-0.25, -0.2) is 10.5 Å². The summed E-state index contributed by atoms with van der Waals surface area (Å²) in [7, 11) is 3.67. The van der Waals surface area contributed by atoms with Crippen LogP contribution < -0.4 is 21.1 Å². The Hall–Kier alpha value is -3.17. The standard InChI is InChI=1S/C21H27N7O2/c1-13(2)28-20(24-25-26-28)17-6-5-7-19(22-17)23-21(29)16-10-15-12-27(3)9-8-14(15)11-18(16)30-4/h5-7,10-11,13,25-26H,8-9,12H2,1-4H3,(H,22,23,29). The molecule has 2 aliphatic rings. The van der Waals surface area contributed by atoms with Crippen LogP contribution in [0, 0.1) is 0 Å². The molecular weight excluding hydrogens is 382 g/mol. The van der Waals surface area contributed by atoms with Crippen LogP contribution in [-0.2, 0) is 13.0 Å². The van der Waals surface area contributed by atoms with Gasteiger partial charge in [-0.1, -0.05) is 6.07 Å². The van der Waals surface area contributed by atoms with Crippen molar-refractivity contribution in [2.45, 2.75) is 32.9 Å². The highest BCUT2D eigenvalue weighted by Crippen LogP contribution is 2.28. The number of nitrogens with zero attached hydrogens (tertiary/aromatic N) is 4. The van der Waals surface area contributed by atoms with E-state index in [1.165, 1.54) is 5.56 Å². The second kappa shape index (κ2) is 8.29. The number of carbonyl (C=O) groups is 1. The number of carbonyl (C=O) groups excluding carboxylic acids is 1. The minimum absolute atomic E-state index is 0.177. The second-order valence-corrected chi connectivity index (χ2v) is 7.79. The second-order valence-electron chi connectivity index (χ2n) is 7.79. The van der Waals surface area contributed by atoms with E-state index in [4.69, 9.17) is 4.74 Å². The molecule has 1 amide bonds. The molecule has 0 unspecified atom stereocenters. The minimum Gasteiger partial charge on any atom is -0.496 e. The zero-order valence-electron chi connectivity index (χ0n) is 17.7. The van der Waals surface area contributed by atoms with Crippen molar-refractivity contribution in [3.63, 3.8) is 0 Å². The molecule has 0 spiro atoms. The van der Waals surface area contributed by atoms with Gasteiger partial charge in [0.05, 0.1) is 12.7 Å². The number of hydrazine groups is 2. The number of nitrogens with one attached hydrogen (secondary N) is 3. The maximum Gasteiger partial charge on any atom is 0.260 e. The number of ether oxygens (including phenoxy) is 1. The first-order chi connectivity index (χ1) is 14.5. The lowest BCUT2D eigenvalue weighted by molar-refractivity contribution is 0.102. The molecule has 2 aliphatic heterocycles. The number of likely N-dealkylation sites (N-methyl/N-ethyl adjacent to an activating group) is 1. The van der Waals surface area contributed by atoms with Gasteiger partial charge in [0.1, 0.15) is 17.3 Å². The SMILES string of the molecule is COc1cc2c(cc1C(=O)Nc1cccc(C3=NNNN3C(C)C)n1)CN(C)CC2. The van der Waals surface area contributed by atoms with E-state index in [9.17, 15) is 4.79 Å². The smallest absolute Gasteiger partial charge is 0.260 e. The Morgan fingerprint density at radius 1 is 1.27 bits per heavy atom. The Bertz CT molecular complexity index is 989. The van der Waals surface area contributed by atoms with Crippen molar-refractivity contribution in [1.82, 2.24) is 26.0 Å². The summed E-state index contributed by atoms with van der Waals surface area (Å²) in [5.74, 6) is 1.44. The van der Waals surface area contributed by atoms with Gasteiger partial charge in [0.25, 0.3) is 5.91 Å². The molecule has 1 aromatic heterocycles. The summed E-state index contributed by atoms with van der Waals surface area (Å²) < 4.78 is 5.51. The molecule has 0 aliphatic carbocycles. The van der Waals surface area contributed by atoms with Crippen LogP contribution in [0.1, 0.15) is 41.0 Å². The summed E-state index contributed by atoms with van der Waals surface area (Å²) in [6.45, 7) is 5.90. The van der Waals surface area contributed by atoms with Crippen LogP contribution in [0.5, 0.6) is 5.75 Å². The number of amidine groups is 1. The van der Waals surface area contributed by atoms with Gasteiger partial charge in [0.15, 0.2) is 5.84 Å². The van der Waals surface area contributed by atoms with Gasteiger partial charge in [0.2, 0.25) is 0 Å². The maximum absolute atomic E-state index is 13.1. The van der Waals surface area contributed by atoms with E-state index in [1.54, 1.807) is 13.2 Å². The number of hydrazone groups is 1. The first kappa shape index (κ1) is 20.1. The molecular formula is C21H27N7O2. The van der Waals surface area contributed by atoms with Crippen LogP contribution in [0.15, 0.2) is 35.4 Å². The molecule has 0 atom stereocenters. The number of benzene rings is 1. The Morgan fingerprint density at radius 3 is 2.87 bits per heavy atom. The lowest BCUT2D eigenvalue weighted by Gasteiger charge is -2.26. The molecule has 4 rings (SSSR count). The van der Waals surface area contributed by atoms with Gasteiger partial charge in [-0.15, -0.1) is 10.6 Å². The Morgan fingerprint density at radius 2 is 2.10 bits per heavy atom. The topological polar surface area (TPSA) is 94.1 Å². The summed E-state index contributed by atoms with van der Waals surface area (Å²) in [5, 5.41) is 9.02. The predicted octanol–water partition coefficient (Wildman–Crippen LogP) is 1.73. The van der Waals surface area contributed by atoms with E-state index in [2.05, 4.69) is 38.4 Å². The first-order valence-corrected chi connectivity index (χ1v) is 10.0. The number of aromatic nitrogens is 1. The number of methoxy groups -OCH3 is 1. The fourth-order valence-corrected chi connectivity index (χ4v) is 3.68. The van der Waals surface area contributed by atoms with Gasteiger partial charge < -0.3 is 15.0 Å². The lowest BCUT2D eigenvalue weighted by Crippen LogP contribution is -2.45. The van der Waals surface area contributed by atoms with E-state index in [0.29, 0.717) is 28.7 Å². The maximum atomic E-state index is 13.1. The van der Waals surface area contributed by atoms with Crippen LogP contribution in [0.25, 0.3) is 0 Å². The summed E-state index contributed by atoms with van der Waals surface area (Å²) in [4.78, 5) is 19.9. The molecule has 9 heteroatoms. The molecule has 0 saturated carbocycles. The van der Waals surface area contributed by atoms with Crippen LogP contribution in [0.2, 0.25) is 0 Å². The molecule has 158 valence electrons. The van der Waals surface area contributed by atoms with Crippen LogP contribution in [0.3, 0.4) is 0 Å². The first-order valence-electron chi connectivity index (χ1n) is 10.0. The van der Waals surface area contributed by atoms with Crippen molar-refractivity contribution >= 4 is 17.6 Å². The normalized spacial score (nSPS) is 16.2. The highest BCUT2D eigenvalue weighted by molar-refractivity contribution is 6.06. The molecule has 2 aromatic rings. The average molecular weight is 409 g/mol. The number of rotatable bonds is 5. The molecule has 3 N–H and O–H groups in total. The van der Waals surface area contributed by atoms with Crippen LogP contribution >= 0.6 is 0 Å². The zero-order chi connectivity index (χ0) is 21.3. The number of amides is 1. The number of fused-ring (bicyclic) bond motifs is 1. The highest BCUT2D eigenvalue weighted by Gasteiger charge is 2.24. The van der Waals surface area contributed by atoms with Crippen molar-refractivity contribution in [1.29, 1.82) is 0 Å². The van der Waals surface area contributed by atoms with Gasteiger partial charge in [0, 0.05) is 19.1 Å².